The number of nitrogens with zero attached hydrogens (tertiary/aromatic N) is 2. The van der Waals surface area contributed by atoms with Crippen molar-refractivity contribution in [1.82, 2.24) is 10.7 Å². The fourth-order valence-corrected chi connectivity index (χ4v) is 2.91. The van der Waals surface area contributed by atoms with E-state index < -0.39 is 10.9 Å². The molecule has 3 aromatic rings. The minimum Gasteiger partial charge on any atom is -0.423 e. The van der Waals surface area contributed by atoms with E-state index in [0.717, 1.165) is 6.07 Å². The number of esters is 1. The normalized spacial score (nSPS) is 10.5. The lowest BCUT2D eigenvalue weighted by molar-refractivity contribution is -0.384. The van der Waals surface area contributed by atoms with Gasteiger partial charge in [-0.15, -0.1) is 0 Å². The van der Waals surface area contributed by atoms with Crippen LogP contribution < -0.4 is 15.5 Å². The Hall–Kier alpha value is -4.86. The van der Waals surface area contributed by atoms with Gasteiger partial charge in [-0.25, -0.2) is 10.2 Å². The number of benzene rings is 3. The molecule has 0 unspecified atom stereocenters. The number of carbonyl (C=O) groups excluding carboxylic acids is 3. The number of nitro groups is 1. The summed E-state index contributed by atoms with van der Waals surface area (Å²) in [6, 6.07) is 20.4. The first-order valence-corrected chi connectivity index (χ1v) is 10.6. The Balaban J connectivity index is 1.39. The average molecular weight is 474 g/mol. The van der Waals surface area contributed by atoms with Crippen LogP contribution in [0.15, 0.2) is 84.0 Å². The molecule has 3 aromatic carbocycles. The van der Waals surface area contributed by atoms with E-state index in [-0.39, 0.29) is 35.2 Å². The van der Waals surface area contributed by atoms with Crippen LogP contribution in [0.1, 0.15) is 39.1 Å². The van der Waals surface area contributed by atoms with Crippen molar-refractivity contribution < 1.29 is 24.0 Å². The van der Waals surface area contributed by atoms with Crippen LogP contribution in [0.5, 0.6) is 5.75 Å². The lowest BCUT2D eigenvalue weighted by atomic mass is 10.2. The van der Waals surface area contributed by atoms with Gasteiger partial charge in [0.1, 0.15) is 5.75 Å². The third kappa shape index (κ3) is 7.90. The van der Waals surface area contributed by atoms with Crippen LogP contribution in [-0.4, -0.2) is 35.5 Å². The van der Waals surface area contributed by atoms with Gasteiger partial charge >= 0.3 is 5.97 Å². The van der Waals surface area contributed by atoms with E-state index in [2.05, 4.69) is 15.8 Å². The maximum Gasteiger partial charge on any atom is 0.343 e. The SMILES string of the molecule is O=C(CCCNC(=O)c1ccccc1)NN=Cc1ccc(OC(=O)c2cccc([N+](=O)[O-])c2)cc1. The van der Waals surface area contributed by atoms with Crippen LogP contribution >= 0.6 is 0 Å². The molecule has 0 spiro atoms. The van der Waals surface area contributed by atoms with Gasteiger partial charge in [0.2, 0.25) is 5.91 Å². The number of nitrogens with one attached hydrogen (secondary N) is 2. The second kappa shape index (κ2) is 12.4. The van der Waals surface area contributed by atoms with Gasteiger partial charge in [-0.05, 0) is 54.4 Å². The maximum atomic E-state index is 12.2. The molecule has 0 heterocycles. The van der Waals surface area contributed by atoms with E-state index >= 15 is 0 Å². The standard InChI is InChI=1S/C25H22N4O6/c30-23(10-5-15-26-24(31)19-6-2-1-3-7-19)28-27-17-18-11-13-22(14-12-18)35-25(32)20-8-4-9-21(16-20)29(33)34/h1-4,6-9,11-14,16-17H,5,10,15H2,(H,26,31)(H,28,30). The zero-order chi connectivity index (χ0) is 25.0. The van der Waals surface area contributed by atoms with Crippen molar-refractivity contribution in [2.75, 3.05) is 6.54 Å². The number of amides is 2. The van der Waals surface area contributed by atoms with E-state index in [1.807, 2.05) is 6.07 Å². The van der Waals surface area contributed by atoms with Gasteiger partial charge in [0, 0.05) is 30.7 Å². The molecule has 35 heavy (non-hydrogen) atoms. The summed E-state index contributed by atoms with van der Waals surface area (Å²) in [7, 11) is 0. The molecule has 0 atom stereocenters. The van der Waals surface area contributed by atoms with E-state index in [4.69, 9.17) is 4.74 Å². The summed E-state index contributed by atoms with van der Waals surface area (Å²) in [6.45, 7) is 0.362. The maximum absolute atomic E-state index is 12.2. The van der Waals surface area contributed by atoms with Crippen molar-refractivity contribution in [3.05, 3.63) is 106 Å². The molecule has 0 saturated heterocycles. The van der Waals surface area contributed by atoms with Crippen LogP contribution in [0.25, 0.3) is 0 Å². The Labute approximate surface area is 200 Å². The molecule has 10 nitrogen and oxygen atoms in total. The van der Waals surface area contributed by atoms with Crippen LogP contribution in [-0.2, 0) is 4.79 Å². The van der Waals surface area contributed by atoms with Gasteiger partial charge in [-0.2, -0.15) is 5.10 Å². The zero-order valence-electron chi connectivity index (χ0n) is 18.5. The Morgan fingerprint density at radius 2 is 1.66 bits per heavy atom. The first-order valence-electron chi connectivity index (χ1n) is 10.6. The van der Waals surface area contributed by atoms with Crippen molar-refractivity contribution >= 4 is 29.7 Å². The highest BCUT2D eigenvalue weighted by atomic mass is 16.6. The van der Waals surface area contributed by atoms with Crippen molar-refractivity contribution in [2.45, 2.75) is 12.8 Å². The Morgan fingerprint density at radius 1 is 0.943 bits per heavy atom. The van der Waals surface area contributed by atoms with Gasteiger partial charge in [0.25, 0.3) is 11.6 Å². The Bertz CT molecular complexity index is 1230. The second-order valence-corrected chi connectivity index (χ2v) is 7.28. The smallest absolute Gasteiger partial charge is 0.343 e. The summed E-state index contributed by atoms with van der Waals surface area (Å²) in [5, 5.41) is 17.5. The van der Waals surface area contributed by atoms with E-state index in [1.165, 1.54) is 36.5 Å². The van der Waals surface area contributed by atoms with Crippen molar-refractivity contribution in [2.24, 2.45) is 5.10 Å². The summed E-state index contributed by atoms with van der Waals surface area (Å²) in [4.78, 5) is 46.3. The summed E-state index contributed by atoms with van der Waals surface area (Å²) < 4.78 is 5.23. The predicted molar refractivity (Wildman–Crippen MR) is 128 cm³/mol. The van der Waals surface area contributed by atoms with Gasteiger partial charge < -0.3 is 10.1 Å². The predicted octanol–water partition coefficient (Wildman–Crippen LogP) is 3.47. The average Bonchev–Trinajstić information content (AvgIpc) is 2.88. The van der Waals surface area contributed by atoms with E-state index in [1.54, 1.807) is 36.4 Å². The molecule has 0 aliphatic heterocycles. The number of carbonyl (C=O) groups is 3. The summed E-state index contributed by atoms with van der Waals surface area (Å²) >= 11 is 0. The molecule has 10 heteroatoms. The number of hydrogen-bond acceptors (Lipinski definition) is 7. The van der Waals surface area contributed by atoms with Crippen molar-refractivity contribution in [3.8, 4) is 5.75 Å². The number of rotatable bonds is 10. The lowest BCUT2D eigenvalue weighted by Gasteiger charge is -2.05. The van der Waals surface area contributed by atoms with Gasteiger partial charge in [-0.1, -0.05) is 24.3 Å². The highest BCUT2D eigenvalue weighted by molar-refractivity contribution is 5.94. The highest BCUT2D eigenvalue weighted by Crippen LogP contribution is 2.17. The summed E-state index contributed by atoms with van der Waals surface area (Å²) in [5.74, 6) is -0.955. The van der Waals surface area contributed by atoms with Crippen LogP contribution in [0.3, 0.4) is 0 Å². The molecule has 0 aromatic heterocycles. The number of hydrazone groups is 1. The molecule has 2 amide bonds. The fraction of sp³-hybridized carbons (Fsp3) is 0.120. The molecule has 3 rings (SSSR count). The topological polar surface area (TPSA) is 140 Å². The molecule has 0 aliphatic rings. The summed E-state index contributed by atoms with van der Waals surface area (Å²) in [5.41, 5.74) is 3.48. The quantitative estimate of drug-likeness (QED) is 0.115. The molecular formula is C25H22N4O6. The van der Waals surface area contributed by atoms with Crippen molar-refractivity contribution in [1.29, 1.82) is 0 Å². The first kappa shape index (κ1) is 24.8. The van der Waals surface area contributed by atoms with E-state index in [9.17, 15) is 24.5 Å². The number of non-ortho nitro benzene ring substituents is 1. The minimum atomic E-state index is -0.720. The molecular weight excluding hydrogens is 452 g/mol. The van der Waals surface area contributed by atoms with Gasteiger partial charge in [0.05, 0.1) is 16.7 Å². The van der Waals surface area contributed by atoms with Crippen LogP contribution in [0.2, 0.25) is 0 Å². The molecule has 0 aliphatic carbocycles. The monoisotopic (exact) mass is 474 g/mol. The molecule has 0 fully saturated rings. The largest absolute Gasteiger partial charge is 0.423 e. The number of nitro benzene ring substituents is 1. The number of hydrogen-bond donors (Lipinski definition) is 2. The van der Waals surface area contributed by atoms with E-state index in [0.29, 0.717) is 24.1 Å². The van der Waals surface area contributed by atoms with Gasteiger partial charge in [-0.3, -0.25) is 19.7 Å². The summed E-state index contributed by atoms with van der Waals surface area (Å²) in [6.07, 6.45) is 2.09. The Morgan fingerprint density at radius 3 is 2.37 bits per heavy atom. The van der Waals surface area contributed by atoms with Crippen LogP contribution in [0, 0.1) is 10.1 Å². The minimum absolute atomic E-state index is 0.0622. The Kier molecular flexibility index (Phi) is 8.78. The molecule has 0 saturated carbocycles. The highest BCUT2D eigenvalue weighted by Gasteiger charge is 2.13. The third-order valence-corrected chi connectivity index (χ3v) is 4.69. The van der Waals surface area contributed by atoms with Crippen LogP contribution in [0.4, 0.5) is 5.69 Å². The zero-order valence-corrected chi connectivity index (χ0v) is 18.5. The molecule has 0 bridgehead atoms. The molecule has 178 valence electrons. The first-order chi connectivity index (χ1) is 16.9. The molecule has 0 radical (unpaired) electrons. The second-order valence-electron chi connectivity index (χ2n) is 7.28. The lowest BCUT2D eigenvalue weighted by Crippen LogP contribution is -2.26. The van der Waals surface area contributed by atoms with Gasteiger partial charge in [0.15, 0.2) is 0 Å². The fourth-order valence-electron chi connectivity index (χ4n) is 2.91. The number of ether oxygens (including phenoxy) is 1. The third-order valence-electron chi connectivity index (χ3n) is 4.69. The van der Waals surface area contributed by atoms with Crippen molar-refractivity contribution in [3.63, 3.8) is 0 Å². The molecule has 2 N–H and O–H groups in total.